The van der Waals surface area contributed by atoms with Crippen LogP contribution in [0.3, 0.4) is 0 Å². The van der Waals surface area contributed by atoms with E-state index in [1.165, 1.54) is 12.1 Å². The molecule has 0 aromatic heterocycles. The summed E-state index contributed by atoms with van der Waals surface area (Å²) in [6.07, 6.45) is 0.496. The van der Waals surface area contributed by atoms with Crippen LogP contribution in [0.5, 0.6) is 11.5 Å². The largest absolute Gasteiger partial charge is 0.504 e. The first-order chi connectivity index (χ1) is 7.45. The first kappa shape index (κ1) is 12.8. The molecular formula is C12H19NO3. The van der Waals surface area contributed by atoms with E-state index in [1.807, 2.05) is 13.8 Å². The fraction of sp³-hybridized carbons (Fsp3) is 0.500. The maximum Gasteiger partial charge on any atom is 0.157 e. The average Bonchev–Trinajstić information content (AvgIpc) is 2.30. The van der Waals surface area contributed by atoms with Crippen LogP contribution in [0.1, 0.15) is 25.8 Å². The van der Waals surface area contributed by atoms with Crippen LogP contribution >= 0.6 is 0 Å². The zero-order valence-corrected chi connectivity index (χ0v) is 9.64. The lowest BCUT2D eigenvalue weighted by Gasteiger charge is -2.33. The average molecular weight is 225 g/mol. The Morgan fingerprint density at radius 3 is 2.38 bits per heavy atom. The third kappa shape index (κ3) is 2.13. The Morgan fingerprint density at radius 2 is 1.94 bits per heavy atom. The van der Waals surface area contributed by atoms with Crippen molar-refractivity contribution < 1.29 is 15.3 Å². The Morgan fingerprint density at radius 1 is 1.31 bits per heavy atom. The second kappa shape index (κ2) is 4.72. The Hall–Kier alpha value is -1.26. The van der Waals surface area contributed by atoms with Crippen LogP contribution in [0.15, 0.2) is 18.2 Å². The zero-order chi connectivity index (χ0) is 12.3. The summed E-state index contributed by atoms with van der Waals surface area (Å²) in [5.74, 6) is -0.544. The van der Waals surface area contributed by atoms with Crippen LogP contribution in [0.2, 0.25) is 0 Å². The minimum atomic E-state index is -1.07. The van der Waals surface area contributed by atoms with Crippen LogP contribution in [0.25, 0.3) is 0 Å². The van der Waals surface area contributed by atoms with E-state index in [0.29, 0.717) is 18.5 Å². The highest BCUT2D eigenvalue weighted by atomic mass is 16.3. The topological polar surface area (TPSA) is 86.7 Å². The smallest absolute Gasteiger partial charge is 0.157 e. The summed E-state index contributed by atoms with van der Waals surface area (Å²) in [5.41, 5.74) is 5.07. The van der Waals surface area contributed by atoms with Gasteiger partial charge in [0.05, 0.1) is 5.60 Å². The van der Waals surface area contributed by atoms with E-state index in [1.54, 1.807) is 6.07 Å². The first-order valence-corrected chi connectivity index (χ1v) is 5.40. The molecule has 1 aromatic rings. The highest BCUT2D eigenvalue weighted by Crippen LogP contribution is 2.36. The normalized spacial score (nSPS) is 16.8. The molecular weight excluding hydrogens is 206 g/mol. The summed E-state index contributed by atoms with van der Waals surface area (Å²) >= 11 is 0. The maximum atomic E-state index is 10.5. The molecule has 16 heavy (non-hydrogen) atoms. The number of nitrogens with two attached hydrogens (primary N) is 1. The minimum Gasteiger partial charge on any atom is -0.504 e. The second-order valence-electron chi connectivity index (χ2n) is 4.12. The molecule has 90 valence electrons. The van der Waals surface area contributed by atoms with Crippen LogP contribution < -0.4 is 5.73 Å². The molecule has 2 atom stereocenters. The second-order valence-corrected chi connectivity index (χ2v) is 4.12. The summed E-state index contributed by atoms with van der Waals surface area (Å²) in [6.45, 7) is 4.06. The van der Waals surface area contributed by atoms with Crippen molar-refractivity contribution in [1.29, 1.82) is 0 Å². The Balaban J connectivity index is 3.17. The quantitative estimate of drug-likeness (QED) is 0.581. The van der Waals surface area contributed by atoms with Gasteiger partial charge in [-0.3, -0.25) is 0 Å². The van der Waals surface area contributed by atoms with Gasteiger partial charge in [0.1, 0.15) is 0 Å². The number of aromatic hydroxyl groups is 2. The van der Waals surface area contributed by atoms with Gasteiger partial charge in [0, 0.05) is 5.92 Å². The van der Waals surface area contributed by atoms with Gasteiger partial charge in [0.15, 0.2) is 11.5 Å². The summed E-state index contributed by atoms with van der Waals surface area (Å²) in [6, 6.07) is 4.35. The lowest BCUT2D eigenvalue weighted by atomic mass is 9.80. The minimum absolute atomic E-state index is 0.124. The monoisotopic (exact) mass is 225 g/mol. The Bertz CT molecular complexity index is 367. The highest BCUT2D eigenvalue weighted by Gasteiger charge is 2.33. The predicted molar refractivity (Wildman–Crippen MR) is 62.2 cm³/mol. The SMILES string of the molecule is CCC(O)(c1ccc(O)c(O)c1)C(C)CN. The molecule has 0 aliphatic rings. The molecule has 0 fully saturated rings. The van der Waals surface area contributed by atoms with Gasteiger partial charge in [-0.1, -0.05) is 19.9 Å². The van der Waals surface area contributed by atoms with Crippen molar-refractivity contribution in [2.75, 3.05) is 6.54 Å². The maximum absolute atomic E-state index is 10.5. The van der Waals surface area contributed by atoms with Crippen molar-refractivity contribution in [2.24, 2.45) is 11.7 Å². The fourth-order valence-corrected chi connectivity index (χ4v) is 1.82. The van der Waals surface area contributed by atoms with E-state index >= 15 is 0 Å². The molecule has 1 rings (SSSR count). The number of hydrogen-bond donors (Lipinski definition) is 4. The molecule has 0 heterocycles. The Kier molecular flexibility index (Phi) is 3.78. The molecule has 0 spiro atoms. The van der Waals surface area contributed by atoms with E-state index in [0.717, 1.165) is 0 Å². The third-order valence-electron chi connectivity index (χ3n) is 3.18. The lowest BCUT2D eigenvalue weighted by molar-refractivity contribution is -0.0177. The number of phenols is 2. The lowest BCUT2D eigenvalue weighted by Crippen LogP contribution is -2.37. The van der Waals surface area contributed by atoms with Gasteiger partial charge in [-0.2, -0.15) is 0 Å². The van der Waals surface area contributed by atoms with E-state index in [9.17, 15) is 15.3 Å². The number of rotatable bonds is 4. The standard InChI is InChI=1S/C12H19NO3/c1-3-12(16,8(2)7-13)9-4-5-10(14)11(15)6-9/h4-6,8,14-16H,3,7,13H2,1-2H3. The molecule has 5 N–H and O–H groups in total. The van der Waals surface area contributed by atoms with Crippen molar-refractivity contribution >= 4 is 0 Å². The highest BCUT2D eigenvalue weighted by molar-refractivity contribution is 5.42. The van der Waals surface area contributed by atoms with Gasteiger partial charge >= 0.3 is 0 Å². The van der Waals surface area contributed by atoms with Gasteiger partial charge in [-0.15, -0.1) is 0 Å². The number of hydrogen-bond acceptors (Lipinski definition) is 4. The van der Waals surface area contributed by atoms with Gasteiger partial charge in [-0.25, -0.2) is 0 Å². The van der Waals surface area contributed by atoms with Gasteiger partial charge in [-0.05, 0) is 30.7 Å². The van der Waals surface area contributed by atoms with Crippen LogP contribution in [-0.2, 0) is 5.60 Å². The first-order valence-electron chi connectivity index (χ1n) is 5.40. The van der Waals surface area contributed by atoms with Crippen molar-refractivity contribution in [3.63, 3.8) is 0 Å². The summed E-state index contributed by atoms with van der Waals surface area (Å²) in [5, 5.41) is 29.1. The van der Waals surface area contributed by atoms with Crippen molar-refractivity contribution in [3.8, 4) is 11.5 Å². The molecule has 4 nitrogen and oxygen atoms in total. The molecule has 0 saturated heterocycles. The molecule has 1 aromatic carbocycles. The zero-order valence-electron chi connectivity index (χ0n) is 9.64. The van der Waals surface area contributed by atoms with Crippen LogP contribution in [0, 0.1) is 5.92 Å². The number of benzene rings is 1. The van der Waals surface area contributed by atoms with Crippen molar-refractivity contribution in [1.82, 2.24) is 0 Å². The Labute approximate surface area is 95.3 Å². The van der Waals surface area contributed by atoms with Crippen LogP contribution in [-0.4, -0.2) is 21.9 Å². The van der Waals surface area contributed by atoms with Crippen LogP contribution in [0.4, 0.5) is 0 Å². The molecule has 0 aliphatic carbocycles. The predicted octanol–water partition coefficient (Wildman–Crippen LogP) is 1.29. The van der Waals surface area contributed by atoms with Gasteiger partial charge in [0.25, 0.3) is 0 Å². The number of aliphatic hydroxyl groups is 1. The molecule has 0 saturated carbocycles. The molecule has 0 bridgehead atoms. The summed E-state index contributed by atoms with van der Waals surface area (Å²) < 4.78 is 0. The molecule has 0 amide bonds. The molecule has 2 unspecified atom stereocenters. The summed E-state index contributed by atoms with van der Waals surface area (Å²) in [4.78, 5) is 0. The van der Waals surface area contributed by atoms with Crippen molar-refractivity contribution in [3.05, 3.63) is 23.8 Å². The molecule has 0 radical (unpaired) electrons. The third-order valence-corrected chi connectivity index (χ3v) is 3.18. The van der Waals surface area contributed by atoms with E-state index in [-0.39, 0.29) is 17.4 Å². The fourth-order valence-electron chi connectivity index (χ4n) is 1.82. The summed E-state index contributed by atoms with van der Waals surface area (Å²) in [7, 11) is 0. The molecule has 4 heteroatoms. The molecule has 0 aliphatic heterocycles. The van der Waals surface area contributed by atoms with Gasteiger partial charge in [0.2, 0.25) is 0 Å². The van der Waals surface area contributed by atoms with E-state index < -0.39 is 5.60 Å². The number of phenolic OH excluding ortho intramolecular Hbond substituents is 2. The van der Waals surface area contributed by atoms with E-state index in [2.05, 4.69) is 0 Å². The van der Waals surface area contributed by atoms with Gasteiger partial charge < -0.3 is 21.1 Å². The van der Waals surface area contributed by atoms with E-state index in [4.69, 9.17) is 5.73 Å². The van der Waals surface area contributed by atoms with Crippen molar-refractivity contribution in [2.45, 2.75) is 25.9 Å².